The van der Waals surface area contributed by atoms with E-state index in [1.165, 1.54) is 24.3 Å². The number of aromatic carboxylic acids is 1. The van der Waals surface area contributed by atoms with E-state index >= 15 is 0 Å². The zero-order valence-corrected chi connectivity index (χ0v) is 21.0. The number of esters is 2. The zero-order valence-electron chi connectivity index (χ0n) is 21.0. The highest BCUT2D eigenvalue weighted by atomic mass is 16.6. The summed E-state index contributed by atoms with van der Waals surface area (Å²) in [5, 5.41) is 14.6. The maximum absolute atomic E-state index is 13.2. The van der Waals surface area contributed by atoms with Crippen LogP contribution in [0.4, 0.5) is 4.79 Å². The van der Waals surface area contributed by atoms with E-state index in [0.29, 0.717) is 0 Å². The number of hydrogen-bond donors (Lipinski definition) is 3. The van der Waals surface area contributed by atoms with Crippen molar-refractivity contribution >= 4 is 29.9 Å². The summed E-state index contributed by atoms with van der Waals surface area (Å²) < 4.78 is 15.9. The van der Waals surface area contributed by atoms with E-state index in [2.05, 4.69) is 10.6 Å². The van der Waals surface area contributed by atoms with Crippen molar-refractivity contribution in [2.45, 2.75) is 58.2 Å². The molecule has 36 heavy (non-hydrogen) atoms. The summed E-state index contributed by atoms with van der Waals surface area (Å²) in [6, 6.07) is 4.69. The van der Waals surface area contributed by atoms with Crippen molar-refractivity contribution in [2.75, 3.05) is 13.2 Å². The third kappa shape index (κ3) is 5.44. The lowest BCUT2D eigenvalue weighted by molar-refractivity contribution is -0.153. The lowest BCUT2D eigenvalue weighted by Gasteiger charge is -2.33. The maximum atomic E-state index is 13.2. The number of hydrogen-bond acceptors (Lipinski definition) is 8. The minimum Gasteiger partial charge on any atom is -0.478 e. The summed E-state index contributed by atoms with van der Waals surface area (Å²) in [5.74, 6) is -4.77. The number of carbonyl (C=O) groups is 5. The van der Waals surface area contributed by atoms with Crippen LogP contribution in [-0.2, 0) is 23.8 Å². The van der Waals surface area contributed by atoms with Crippen molar-refractivity contribution in [3.63, 3.8) is 0 Å². The highest BCUT2D eigenvalue weighted by Gasteiger charge is 2.76. The molecule has 196 valence electrons. The Kier molecular flexibility index (Phi) is 7.61. The van der Waals surface area contributed by atoms with Gasteiger partial charge in [0.05, 0.1) is 24.7 Å². The second-order valence-electron chi connectivity index (χ2n) is 9.87. The van der Waals surface area contributed by atoms with Crippen LogP contribution in [-0.4, -0.2) is 65.4 Å². The fourth-order valence-electron chi connectivity index (χ4n) is 4.94. The molecule has 1 aromatic rings. The predicted octanol–water partition coefficient (Wildman–Crippen LogP) is 2.14. The van der Waals surface area contributed by atoms with E-state index in [-0.39, 0.29) is 30.8 Å². The van der Waals surface area contributed by atoms with Crippen LogP contribution >= 0.6 is 0 Å². The van der Waals surface area contributed by atoms with Gasteiger partial charge in [0.25, 0.3) is 5.91 Å². The Balaban J connectivity index is 1.91. The summed E-state index contributed by atoms with van der Waals surface area (Å²) in [4.78, 5) is 62.7. The van der Waals surface area contributed by atoms with E-state index in [9.17, 15) is 24.0 Å². The standard InChI is InChI=1S/C25H32N2O9/c1-6-34-21(31)17-16-15(26-19(28)13-8-10-14(11-9-13)20(29)30)12-25(18(16)17,22(32)35-7-2)27-23(33)36-24(3,4)5/h8-11,15-18H,6-7,12H2,1-5H3,(H,26,28)(H,27,33)(H,29,30)/t15?,16?,17-,18?,25?/m0/s1. The molecule has 2 saturated carbocycles. The average Bonchev–Trinajstić information content (AvgIpc) is 3.46. The number of benzene rings is 1. The molecule has 0 radical (unpaired) electrons. The third-order valence-corrected chi connectivity index (χ3v) is 6.28. The first kappa shape index (κ1) is 27.0. The highest BCUT2D eigenvalue weighted by molar-refractivity contribution is 5.97. The molecule has 4 unspecified atom stereocenters. The lowest BCUT2D eigenvalue weighted by Crippen LogP contribution is -2.59. The normalized spacial score (nSPS) is 26.2. The van der Waals surface area contributed by atoms with Crippen LogP contribution in [0, 0.1) is 17.8 Å². The number of nitrogens with one attached hydrogen (secondary N) is 2. The van der Waals surface area contributed by atoms with Gasteiger partial charge in [-0.25, -0.2) is 14.4 Å². The Morgan fingerprint density at radius 1 is 1.00 bits per heavy atom. The van der Waals surface area contributed by atoms with E-state index in [0.717, 1.165) is 0 Å². The number of fused-ring (bicyclic) bond motifs is 1. The van der Waals surface area contributed by atoms with Gasteiger partial charge in [-0.2, -0.15) is 0 Å². The average molecular weight is 505 g/mol. The number of alkyl carbamates (subject to hydrolysis) is 1. The molecule has 11 heteroatoms. The Morgan fingerprint density at radius 3 is 2.11 bits per heavy atom. The van der Waals surface area contributed by atoms with Crippen molar-refractivity contribution in [2.24, 2.45) is 17.8 Å². The number of carboxylic acids is 1. The Bertz CT molecular complexity index is 1050. The molecule has 3 rings (SSSR count). The molecule has 0 saturated heterocycles. The molecule has 0 bridgehead atoms. The predicted molar refractivity (Wildman–Crippen MR) is 125 cm³/mol. The largest absolute Gasteiger partial charge is 0.478 e. The van der Waals surface area contributed by atoms with Gasteiger partial charge in [-0.15, -0.1) is 0 Å². The SMILES string of the molecule is CCOC(=O)[C@H]1C2C(NC(=O)c3ccc(C(=O)O)cc3)CC(NC(=O)OC(C)(C)C)(C(=O)OCC)C21. The number of carboxylic acid groups (broad SMARTS) is 1. The molecule has 3 N–H and O–H groups in total. The molecule has 11 nitrogen and oxygen atoms in total. The molecule has 0 aliphatic heterocycles. The first-order valence-electron chi connectivity index (χ1n) is 11.8. The summed E-state index contributed by atoms with van der Waals surface area (Å²) in [5.41, 5.74) is -2.21. The van der Waals surface area contributed by atoms with Gasteiger partial charge in [-0.1, -0.05) is 0 Å². The lowest BCUT2D eigenvalue weighted by atomic mass is 9.88. The third-order valence-electron chi connectivity index (χ3n) is 6.28. The Hall–Kier alpha value is -3.63. The van der Waals surface area contributed by atoms with Gasteiger partial charge in [-0.3, -0.25) is 9.59 Å². The van der Waals surface area contributed by atoms with Crippen LogP contribution in [0.3, 0.4) is 0 Å². The maximum Gasteiger partial charge on any atom is 0.408 e. The minimum atomic E-state index is -1.61. The topological polar surface area (TPSA) is 157 Å². The molecule has 2 amide bonds. The molecule has 2 fully saturated rings. The smallest absolute Gasteiger partial charge is 0.408 e. The molecular formula is C25H32N2O9. The zero-order chi connectivity index (χ0) is 26.8. The van der Waals surface area contributed by atoms with Gasteiger partial charge in [0.1, 0.15) is 11.1 Å². The van der Waals surface area contributed by atoms with Gasteiger partial charge < -0.3 is 30.0 Å². The number of carbonyl (C=O) groups excluding carboxylic acids is 4. The van der Waals surface area contributed by atoms with Gasteiger partial charge in [0.2, 0.25) is 0 Å². The summed E-state index contributed by atoms with van der Waals surface area (Å²) in [6.07, 6.45) is -0.866. The van der Waals surface area contributed by atoms with Crippen molar-refractivity contribution in [1.82, 2.24) is 10.6 Å². The number of ether oxygens (including phenoxy) is 3. The van der Waals surface area contributed by atoms with Gasteiger partial charge >= 0.3 is 24.0 Å². The second-order valence-corrected chi connectivity index (χ2v) is 9.87. The summed E-state index contributed by atoms with van der Waals surface area (Å²) >= 11 is 0. The molecular weight excluding hydrogens is 472 g/mol. The van der Waals surface area contributed by atoms with E-state index in [4.69, 9.17) is 19.3 Å². The fourth-order valence-corrected chi connectivity index (χ4v) is 4.94. The van der Waals surface area contributed by atoms with Crippen molar-refractivity contribution in [3.05, 3.63) is 35.4 Å². The molecule has 2 aliphatic carbocycles. The Morgan fingerprint density at radius 2 is 1.58 bits per heavy atom. The van der Waals surface area contributed by atoms with Crippen LogP contribution in [0.25, 0.3) is 0 Å². The van der Waals surface area contributed by atoms with Gasteiger partial charge in [0, 0.05) is 23.9 Å². The first-order chi connectivity index (χ1) is 16.8. The van der Waals surface area contributed by atoms with Crippen LogP contribution in [0.2, 0.25) is 0 Å². The van der Waals surface area contributed by atoms with Crippen LogP contribution in [0.1, 0.15) is 61.8 Å². The summed E-state index contributed by atoms with van der Waals surface area (Å²) in [6.45, 7) is 8.50. The molecule has 0 spiro atoms. The highest BCUT2D eigenvalue weighted by Crippen LogP contribution is 2.63. The van der Waals surface area contributed by atoms with E-state index in [1.807, 2.05) is 0 Å². The van der Waals surface area contributed by atoms with Crippen LogP contribution in [0.15, 0.2) is 24.3 Å². The Labute approximate surface area is 208 Å². The van der Waals surface area contributed by atoms with Crippen molar-refractivity contribution < 1.29 is 43.3 Å². The molecule has 2 aliphatic rings. The molecule has 0 aromatic heterocycles. The van der Waals surface area contributed by atoms with Gasteiger partial charge in [-0.05, 0) is 64.8 Å². The van der Waals surface area contributed by atoms with E-state index in [1.54, 1.807) is 34.6 Å². The first-order valence-corrected chi connectivity index (χ1v) is 11.8. The number of amides is 2. The molecule has 0 heterocycles. The van der Waals surface area contributed by atoms with Crippen molar-refractivity contribution in [1.29, 1.82) is 0 Å². The van der Waals surface area contributed by atoms with Crippen LogP contribution in [0.5, 0.6) is 0 Å². The quantitative estimate of drug-likeness (QED) is 0.356. The van der Waals surface area contributed by atoms with E-state index < -0.39 is 64.8 Å². The molecule has 1 aromatic carbocycles. The van der Waals surface area contributed by atoms with Crippen molar-refractivity contribution in [3.8, 4) is 0 Å². The monoisotopic (exact) mass is 504 g/mol. The van der Waals surface area contributed by atoms with Crippen LogP contribution < -0.4 is 10.6 Å². The van der Waals surface area contributed by atoms with Gasteiger partial charge in [0.15, 0.2) is 0 Å². The second kappa shape index (κ2) is 10.2. The summed E-state index contributed by atoms with van der Waals surface area (Å²) in [7, 11) is 0. The molecule has 5 atom stereocenters. The number of rotatable bonds is 8. The fraction of sp³-hybridized carbons (Fsp3) is 0.560. The minimum absolute atomic E-state index is 0.0186.